The second-order valence-corrected chi connectivity index (χ2v) is 5.76. The number of hydrogen-bond donors (Lipinski definition) is 0. The summed E-state index contributed by atoms with van der Waals surface area (Å²) in [5.74, 6) is -0.727. The fourth-order valence-corrected chi connectivity index (χ4v) is 2.47. The van der Waals surface area contributed by atoms with Crippen molar-refractivity contribution in [3.63, 3.8) is 0 Å². The van der Waals surface area contributed by atoms with E-state index in [2.05, 4.69) is 4.74 Å². The van der Waals surface area contributed by atoms with Crippen LogP contribution in [0.1, 0.15) is 30.9 Å². The predicted octanol–water partition coefficient (Wildman–Crippen LogP) is 4.77. The summed E-state index contributed by atoms with van der Waals surface area (Å²) in [6.45, 7) is 1.17. The van der Waals surface area contributed by atoms with Gasteiger partial charge in [-0.1, -0.05) is 56.3 Å². The van der Waals surface area contributed by atoms with Crippen molar-refractivity contribution in [2.45, 2.75) is 33.0 Å². The number of carbonyl (C=O) groups excluding carboxylic acids is 1. The Hall–Kier alpha value is -2.43. The Balaban J connectivity index is 2.06. The monoisotopic (exact) mass is 334 g/mol. The van der Waals surface area contributed by atoms with Crippen molar-refractivity contribution in [3.05, 3.63) is 65.7 Å². The maximum Gasteiger partial charge on any atom is 0.387 e. The van der Waals surface area contributed by atoms with Gasteiger partial charge >= 0.3 is 12.6 Å². The van der Waals surface area contributed by atoms with Gasteiger partial charge in [-0.3, -0.25) is 4.79 Å². The Bertz CT molecular complexity index is 639. The molecular formula is C19H20F2O3. The predicted molar refractivity (Wildman–Crippen MR) is 86.9 cm³/mol. The highest BCUT2D eigenvalue weighted by Gasteiger charge is 2.26. The van der Waals surface area contributed by atoms with Gasteiger partial charge in [0, 0.05) is 0 Å². The molecule has 3 nitrogen and oxygen atoms in total. The third-order valence-corrected chi connectivity index (χ3v) is 3.61. The molecule has 2 aromatic carbocycles. The second-order valence-electron chi connectivity index (χ2n) is 5.76. The lowest BCUT2D eigenvalue weighted by molar-refractivity contribution is -0.148. The molecule has 0 N–H and O–H groups in total. The van der Waals surface area contributed by atoms with E-state index < -0.39 is 12.5 Å². The number of halogens is 2. The molecule has 0 aliphatic carbocycles. The van der Waals surface area contributed by atoms with Gasteiger partial charge in [-0.25, -0.2) is 0 Å². The van der Waals surface area contributed by atoms with E-state index in [0.717, 1.165) is 5.56 Å². The van der Waals surface area contributed by atoms with Crippen LogP contribution < -0.4 is 4.74 Å². The van der Waals surface area contributed by atoms with E-state index in [9.17, 15) is 13.6 Å². The van der Waals surface area contributed by atoms with Gasteiger partial charge in [0.05, 0.1) is 5.92 Å². The van der Waals surface area contributed by atoms with Crippen molar-refractivity contribution in [3.8, 4) is 5.75 Å². The van der Waals surface area contributed by atoms with E-state index in [-0.39, 0.29) is 24.2 Å². The first-order valence-electron chi connectivity index (χ1n) is 7.72. The van der Waals surface area contributed by atoms with E-state index in [1.807, 2.05) is 44.2 Å². The van der Waals surface area contributed by atoms with Crippen molar-refractivity contribution in [2.24, 2.45) is 5.92 Å². The van der Waals surface area contributed by atoms with Crippen LogP contribution in [-0.2, 0) is 16.1 Å². The lowest BCUT2D eigenvalue weighted by Gasteiger charge is -2.20. The summed E-state index contributed by atoms with van der Waals surface area (Å²) < 4.78 is 34.1. The Morgan fingerprint density at radius 3 is 2.17 bits per heavy atom. The lowest BCUT2D eigenvalue weighted by atomic mass is 9.88. The van der Waals surface area contributed by atoms with E-state index in [4.69, 9.17) is 4.74 Å². The fourth-order valence-electron chi connectivity index (χ4n) is 2.47. The minimum atomic E-state index is -2.87. The minimum Gasteiger partial charge on any atom is -0.460 e. The molecule has 0 saturated carbocycles. The Labute approximate surface area is 140 Å². The summed E-state index contributed by atoms with van der Waals surface area (Å²) in [5, 5.41) is 0. The number of benzene rings is 2. The average Bonchev–Trinajstić information content (AvgIpc) is 2.55. The van der Waals surface area contributed by atoms with Crippen LogP contribution in [0.25, 0.3) is 0 Å². The van der Waals surface area contributed by atoms with Gasteiger partial charge in [-0.05, 0) is 29.2 Å². The molecule has 1 unspecified atom stereocenters. The van der Waals surface area contributed by atoms with Gasteiger partial charge in [-0.2, -0.15) is 8.78 Å². The molecule has 0 fully saturated rings. The maximum atomic E-state index is 12.4. The largest absolute Gasteiger partial charge is 0.460 e. The van der Waals surface area contributed by atoms with Gasteiger partial charge in [0.15, 0.2) is 0 Å². The van der Waals surface area contributed by atoms with Gasteiger partial charge in [0.2, 0.25) is 0 Å². The quantitative estimate of drug-likeness (QED) is 0.684. The first-order valence-corrected chi connectivity index (χ1v) is 7.72. The van der Waals surface area contributed by atoms with E-state index in [0.29, 0.717) is 5.56 Å². The molecule has 0 spiro atoms. The lowest BCUT2D eigenvalue weighted by Crippen LogP contribution is -2.20. The molecule has 24 heavy (non-hydrogen) atoms. The van der Waals surface area contributed by atoms with Gasteiger partial charge in [0.25, 0.3) is 0 Å². The number of carbonyl (C=O) groups is 1. The second kappa shape index (κ2) is 8.43. The van der Waals surface area contributed by atoms with Crippen molar-refractivity contribution in [1.29, 1.82) is 0 Å². The molecule has 0 bridgehead atoms. The standard InChI is InChI=1S/C19H20F2O3/c1-13(2)17(15-8-10-16(11-9-15)24-19(20)21)18(22)23-12-14-6-4-3-5-7-14/h3-11,13,17,19H,12H2,1-2H3. The third-order valence-electron chi connectivity index (χ3n) is 3.61. The van der Waals surface area contributed by atoms with Crippen LogP contribution in [0.2, 0.25) is 0 Å². The zero-order valence-corrected chi connectivity index (χ0v) is 13.6. The summed E-state index contributed by atoms with van der Waals surface area (Å²) in [4.78, 5) is 12.4. The Morgan fingerprint density at radius 1 is 1.00 bits per heavy atom. The minimum absolute atomic E-state index is 0.00939. The highest BCUT2D eigenvalue weighted by Crippen LogP contribution is 2.28. The van der Waals surface area contributed by atoms with Gasteiger partial charge < -0.3 is 9.47 Å². The number of ether oxygens (including phenoxy) is 2. The van der Waals surface area contributed by atoms with Crippen molar-refractivity contribution in [1.82, 2.24) is 0 Å². The SMILES string of the molecule is CC(C)C(C(=O)OCc1ccccc1)c1ccc(OC(F)F)cc1. The zero-order chi connectivity index (χ0) is 17.5. The first-order chi connectivity index (χ1) is 11.5. The summed E-state index contributed by atoms with van der Waals surface area (Å²) in [6.07, 6.45) is 0. The normalized spacial score (nSPS) is 12.2. The van der Waals surface area contributed by atoms with Crippen LogP contribution >= 0.6 is 0 Å². The molecule has 0 amide bonds. The molecule has 0 aliphatic heterocycles. The molecule has 0 saturated heterocycles. The van der Waals surface area contributed by atoms with Crippen LogP contribution in [0.4, 0.5) is 8.78 Å². The summed E-state index contributed by atoms with van der Waals surface area (Å²) in [6, 6.07) is 15.5. The molecule has 128 valence electrons. The number of hydrogen-bond acceptors (Lipinski definition) is 3. The van der Waals surface area contributed by atoms with Crippen LogP contribution in [0, 0.1) is 5.92 Å². The summed E-state index contributed by atoms with van der Waals surface area (Å²) in [7, 11) is 0. The molecule has 0 aromatic heterocycles. The summed E-state index contributed by atoms with van der Waals surface area (Å²) >= 11 is 0. The topological polar surface area (TPSA) is 35.5 Å². The van der Waals surface area contributed by atoms with Crippen LogP contribution in [-0.4, -0.2) is 12.6 Å². The molecule has 0 aliphatic rings. The highest BCUT2D eigenvalue weighted by molar-refractivity contribution is 5.78. The molecule has 1 atom stereocenters. The smallest absolute Gasteiger partial charge is 0.387 e. The molecule has 0 heterocycles. The molecular weight excluding hydrogens is 314 g/mol. The first kappa shape index (κ1) is 17.9. The van der Waals surface area contributed by atoms with Crippen LogP contribution in [0.15, 0.2) is 54.6 Å². The number of rotatable bonds is 7. The molecule has 0 radical (unpaired) electrons. The summed E-state index contributed by atoms with van der Waals surface area (Å²) in [5.41, 5.74) is 1.62. The van der Waals surface area contributed by atoms with Crippen molar-refractivity contribution in [2.75, 3.05) is 0 Å². The zero-order valence-electron chi connectivity index (χ0n) is 13.6. The highest BCUT2D eigenvalue weighted by atomic mass is 19.3. The molecule has 2 rings (SSSR count). The van der Waals surface area contributed by atoms with E-state index >= 15 is 0 Å². The number of esters is 1. The molecule has 5 heteroatoms. The Kier molecular flexibility index (Phi) is 6.29. The number of alkyl halides is 2. The fraction of sp³-hybridized carbons (Fsp3) is 0.316. The van der Waals surface area contributed by atoms with Crippen LogP contribution in [0.5, 0.6) is 5.75 Å². The van der Waals surface area contributed by atoms with E-state index in [1.165, 1.54) is 12.1 Å². The van der Waals surface area contributed by atoms with Gasteiger partial charge in [0.1, 0.15) is 12.4 Å². The third kappa shape index (κ3) is 5.05. The molecule has 2 aromatic rings. The van der Waals surface area contributed by atoms with Crippen molar-refractivity contribution >= 4 is 5.97 Å². The van der Waals surface area contributed by atoms with Crippen molar-refractivity contribution < 1.29 is 23.0 Å². The maximum absolute atomic E-state index is 12.4. The van der Waals surface area contributed by atoms with Gasteiger partial charge in [-0.15, -0.1) is 0 Å². The average molecular weight is 334 g/mol. The van der Waals surface area contributed by atoms with E-state index in [1.54, 1.807) is 12.1 Å². The Morgan fingerprint density at radius 2 is 1.62 bits per heavy atom. The van der Waals surface area contributed by atoms with Crippen LogP contribution in [0.3, 0.4) is 0 Å².